The monoisotopic (exact) mass is 312 g/mol. The van der Waals surface area contributed by atoms with Crippen LogP contribution in [0.1, 0.15) is 39.5 Å². The molecular weight excluding hydrogens is 284 g/mol. The zero-order valence-corrected chi connectivity index (χ0v) is 14.5. The van der Waals surface area contributed by atoms with Crippen molar-refractivity contribution in [2.75, 3.05) is 30.4 Å². The Kier molecular flexibility index (Phi) is 6.85. The summed E-state index contributed by atoms with van der Waals surface area (Å²) in [6.45, 7) is 6.32. The Morgan fingerprint density at radius 3 is 2.43 bits per heavy atom. The summed E-state index contributed by atoms with van der Waals surface area (Å²) < 4.78 is 0. The van der Waals surface area contributed by atoms with Crippen LogP contribution >= 0.6 is 0 Å². The molecule has 0 spiro atoms. The van der Waals surface area contributed by atoms with Crippen molar-refractivity contribution >= 4 is 11.8 Å². The number of hydrogen-bond acceptors (Lipinski definition) is 4. The van der Waals surface area contributed by atoms with Crippen LogP contribution in [0.3, 0.4) is 0 Å². The number of nitrogens with one attached hydrogen (secondary N) is 1. The number of rotatable bonds is 9. The van der Waals surface area contributed by atoms with Gasteiger partial charge < -0.3 is 10.2 Å². The van der Waals surface area contributed by atoms with Crippen LogP contribution in [-0.4, -0.2) is 30.1 Å². The Morgan fingerprint density at radius 2 is 1.74 bits per heavy atom. The van der Waals surface area contributed by atoms with E-state index in [-0.39, 0.29) is 0 Å². The van der Waals surface area contributed by atoms with E-state index in [1.54, 1.807) is 0 Å². The van der Waals surface area contributed by atoms with E-state index in [9.17, 15) is 0 Å². The van der Waals surface area contributed by atoms with Crippen molar-refractivity contribution in [1.29, 1.82) is 0 Å². The highest BCUT2D eigenvalue weighted by Gasteiger charge is 2.09. The molecule has 0 aliphatic heterocycles. The van der Waals surface area contributed by atoms with Gasteiger partial charge in [-0.3, -0.25) is 0 Å². The van der Waals surface area contributed by atoms with Crippen molar-refractivity contribution in [2.45, 2.75) is 39.5 Å². The van der Waals surface area contributed by atoms with E-state index in [0.29, 0.717) is 0 Å². The molecule has 0 saturated heterocycles. The standard InChI is InChI=1S/C19H28N4/c1-4-6-13-20-19-21-17(16-11-9-8-10-12-16)15-18(22-19)23(3)14-7-5-2/h8-12,15H,4-7,13-14H2,1-3H3,(H,20,21,22). The quantitative estimate of drug-likeness (QED) is 0.687. The first kappa shape index (κ1) is 17.3. The van der Waals surface area contributed by atoms with Crippen LogP contribution in [0, 0.1) is 0 Å². The normalized spacial score (nSPS) is 10.6. The summed E-state index contributed by atoms with van der Waals surface area (Å²) >= 11 is 0. The molecule has 0 saturated carbocycles. The van der Waals surface area contributed by atoms with Crippen LogP contribution in [0.2, 0.25) is 0 Å². The summed E-state index contributed by atoms with van der Waals surface area (Å²) in [5.41, 5.74) is 2.09. The maximum atomic E-state index is 4.69. The predicted molar refractivity (Wildman–Crippen MR) is 99.0 cm³/mol. The van der Waals surface area contributed by atoms with Gasteiger partial charge in [0.05, 0.1) is 5.69 Å². The highest BCUT2D eigenvalue weighted by molar-refractivity contribution is 5.64. The lowest BCUT2D eigenvalue weighted by molar-refractivity contribution is 0.758. The van der Waals surface area contributed by atoms with Crippen molar-refractivity contribution < 1.29 is 0 Å². The van der Waals surface area contributed by atoms with Gasteiger partial charge in [-0.2, -0.15) is 4.98 Å². The molecule has 2 rings (SSSR count). The number of anilines is 2. The minimum Gasteiger partial charge on any atom is -0.359 e. The summed E-state index contributed by atoms with van der Waals surface area (Å²) in [4.78, 5) is 11.6. The van der Waals surface area contributed by atoms with Crippen molar-refractivity contribution in [3.8, 4) is 11.3 Å². The summed E-state index contributed by atoms with van der Waals surface area (Å²) in [6.07, 6.45) is 4.64. The Labute approximate surface area is 140 Å². The van der Waals surface area contributed by atoms with Gasteiger partial charge in [0.1, 0.15) is 5.82 Å². The van der Waals surface area contributed by atoms with E-state index < -0.39 is 0 Å². The van der Waals surface area contributed by atoms with E-state index in [2.05, 4.69) is 59.3 Å². The van der Waals surface area contributed by atoms with Crippen LogP contribution < -0.4 is 10.2 Å². The molecule has 1 aromatic heterocycles. The lowest BCUT2D eigenvalue weighted by Gasteiger charge is -2.19. The highest BCUT2D eigenvalue weighted by atomic mass is 15.2. The number of hydrogen-bond donors (Lipinski definition) is 1. The first-order chi connectivity index (χ1) is 11.2. The molecule has 124 valence electrons. The molecule has 4 nitrogen and oxygen atoms in total. The molecule has 0 unspecified atom stereocenters. The predicted octanol–water partition coefficient (Wildman–Crippen LogP) is 4.59. The van der Waals surface area contributed by atoms with Crippen LogP contribution in [0.25, 0.3) is 11.3 Å². The fourth-order valence-corrected chi connectivity index (χ4v) is 2.35. The van der Waals surface area contributed by atoms with Crippen molar-refractivity contribution in [1.82, 2.24) is 9.97 Å². The van der Waals surface area contributed by atoms with Crippen LogP contribution in [-0.2, 0) is 0 Å². The Bertz CT molecular complexity index is 583. The van der Waals surface area contributed by atoms with Gasteiger partial charge in [-0.1, -0.05) is 57.0 Å². The van der Waals surface area contributed by atoms with Crippen LogP contribution in [0.5, 0.6) is 0 Å². The molecule has 4 heteroatoms. The molecule has 0 aliphatic rings. The average Bonchev–Trinajstić information content (AvgIpc) is 2.60. The van der Waals surface area contributed by atoms with Crippen molar-refractivity contribution in [3.63, 3.8) is 0 Å². The van der Waals surface area contributed by atoms with Crippen molar-refractivity contribution in [2.24, 2.45) is 0 Å². The summed E-state index contributed by atoms with van der Waals surface area (Å²) in [5.74, 6) is 1.70. The first-order valence-corrected chi connectivity index (χ1v) is 8.64. The van der Waals surface area contributed by atoms with Gasteiger partial charge >= 0.3 is 0 Å². The third-order valence-corrected chi connectivity index (χ3v) is 3.83. The second-order valence-corrected chi connectivity index (χ2v) is 5.86. The van der Waals surface area contributed by atoms with E-state index >= 15 is 0 Å². The maximum absolute atomic E-state index is 4.69. The third-order valence-electron chi connectivity index (χ3n) is 3.83. The lowest BCUT2D eigenvalue weighted by atomic mass is 10.1. The van der Waals surface area contributed by atoms with E-state index in [1.807, 2.05) is 18.2 Å². The molecule has 23 heavy (non-hydrogen) atoms. The van der Waals surface area contributed by atoms with Gasteiger partial charge in [-0.25, -0.2) is 4.98 Å². The molecule has 0 amide bonds. The van der Waals surface area contributed by atoms with E-state index in [1.165, 1.54) is 12.8 Å². The third kappa shape index (κ3) is 5.23. The average molecular weight is 312 g/mol. The minimum absolute atomic E-state index is 0.721. The molecule has 0 atom stereocenters. The summed E-state index contributed by atoms with van der Waals surface area (Å²) in [7, 11) is 2.10. The minimum atomic E-state index is 0.721. The maximum Gasteiger partial charge on any atom is 0.225 e. The lowest BCUT2D eigenvalue weighted by Crippen LogP contribution is -2.20. The van der Waals surface area contributed by atoms with Gasteiger partial charge in [0, 0.05) is 31.8 Å². The molecule has 0 bridgehead atoms. The SMILES string of the molecule is CCCCNc1nc(-c2ccccc2)cc(N(C)CCCC)n1. The molecule has 1 aromatic carbocycles. The highest BCUT2D eigenvalue weighted by Crippen LogP contribution is 2.23. The molecule has 2 aromatic rings. The Morgan fingerprint density at radius 1 is 1.00 bits per heavy atom. The van der Waals surface area contributed by atoms with Gasteiger partial charge in [-0.15, -0.1) is 0 Å². The number of benzene rings is 1. The molecule has 1 N–H and O–H groups in total. The molecule has 1 heterocycles. The number of nitrogens with zero attached hydrogens (tertiary/aromatic N) is 3. The van der Waals surface area contributed by atoms with Gasteiger partial charge in [-0.05, 0) is 12.8 Å². The second-order valence-electron chi connectivity index (χ2n) is 5.86. The molecule has 0 aliphatic carbocycles. The number of aromatic nitrogens is 2. The van der Waals surface area contributed by atoms with Crippen LogP contribution in [0.15, 0.2) is 36.4 Å². The fraction of sp³-hybridized carbons (Fsp3) is 0.474. The fourth-order valence-electron chi connectivity index (χ4n) is 2.35. The van der Waals surface area contributed by atoms with E-state index in [4.69, 9.17) is 0 Å². The Balaban J connectivity index is 2.27. The Hall–Kier alpha value is -2.10. The molecule has 0 radical (unpaired) electrons. The summed E-state index contributed by atoms with van der Waals surface area (Å²) in [6, 6.07) is 12.4. The zero-order chi connectivity index (χ0) is 16.5. The van der Waals surface area contributed by atoms with Gasteiger partial charge in [0.2, 0.25) is 5.95 Å². The van der Waals surface area contributed by atoms with Gasteiger partial charge in [0.25, 0.3) is 0 Å². The molecular formula is C19H28N4. The first-order valence-electron chi connectivity index (χ1n) is 8.64. The number of unbranched alkanes of at least 4 members (excludes halogenated alkanes) is 2. The topological polar surface area (TPSA) is 41.1 Å². The van der Waals surface area contributed by atoms with Gasteiger partial charge in [0.15, 0.2) is 0 Å². The largest absolute Gasteiger partial charge is 0.359 e. The van der Waals surface area contributed by atoms with Crippen LogP contribution in [0.4, 0.5) is 11.8 Å². The van der Waals surface area contributed by atoms with Crippen molar-refractivity contribution in [3.05, 3.63) is 36.4 Å². The smallest absolute Gasteiger partial charge is 0.225 e. The zero-order valence-electron chi connectivity index (χ0n) is 14.5. The second kappa shape index (κ2) is 9.13. The molecule has 0 fully saturated rings. The van der Waals surface area contributed by atoms with E-state index in [0.717, 1.165) is 49.0 Å². The summed E-state index contributed by atoms with van der Waals surface area (Å²) in [5, 5.41) is 3.36.